The summed E-state index contributed by atoms with van der Waals surface area (Å²) in [6.07, 6.45) is 0.861. The van der Waals surface area contributed by atoms with Crippen LogP contribution >= 0.6 is 24.0 Å². The highest BCUT2D eigenvalue weighted by molar-refractivity contribution is 7.80. The Morgan fingerprint density at radius 3 is 2.67 bits per heavy atom. The van der Waals surface area contributed by atoms with Crippen molar-refractivity contribution in [2.45, 2.75) is 24.3 Å². The van der Waals surface area contributed by atoms with Crippen LogP contribution in [0.3, 0.4) is 0 Å². The van der Waals surface area contributed by atoms with Gasteiger partial charge in [0.15, 0.2) is 0 Å². The van der Waals surface area contributed by atoms with E-state index in [4.69, 9.17) is 0 Å². The van der Waals surface area contributed by atoms with Gasteiger partial charge in [0.1, 0.15) is 0 Å². The van der Waals surface area contributed by atoms with Gasteiger partial charge in [0.25, 0.3) is 5.91 Å². The molecule has 0 bridgehead atoms. The predicted molar refractivity (Wildman–Crippen MR) is 78.6 cm³/mol. The van der Waals surface area contributed by atoms with E-state index in [0.717, 1.165) is 11.3 Å². The summed E-state index contributed by atoms with van der Waals surface area (Å²) in [7, 11) is 0. The number of carbonyl (C=O) groups excluding carboxylic acids is 1. The Labute approximate surface area is 116 Å². The third kappa shape index (κ3) is 3.62. The topological polar surface area (TPSA) is 29.1 Å². The molecule has 18 heavy (non-hydrogen) atoms. The number of nitrogens with one attached hydrogen (secondary N) is 1. The normalized spacial score (nSPS) is 12.1. The van der Waals surface area contributed by atoms with E-state index in [1.54, 1.807) is 23.5 Å². The summed E-state index contributed by atoms with van der Waals surface area (Å²) in [4.78, 5) is 12.8. The number of carbonyl (C=O) groups is 1. The van der Waals surface area contributed by atoms with Crippen LogP contribution in [0.5, 0.6) is 0 Å². The third-order valence-electron chi connectivity index (χ3n) is 2.63. The summed E-state index contributed by atoms with van der Waals surface area (Å²) in [5.41, 5.74) is 1.93. The fraction of sp³-hybridized carbons (Fsp3) is 0.214. The van der Waals surface area contributed by atoms with Crippen molar-refractivity contribution in [2.75, 3.05) is 0 Å². The zero-order chi connectivity index (χ0) is 13.0. The lowest BCUT2D eigenvalue weighted by atomic mass is 10.1. The number of hydrogen-bond donors (Lipinski definition) is 2. The molecule has 1 amide bonds. The first-order chi connectivity index (χ1) is 8.65. The molecular formula is C14H15NOS2. The monoisotopic (exact) mass is 277 g/mol. The van der Waals surface area contributed by atoms with Gasteiger partial charge in [0, 0.05) is 16.5 Å². The molecule has 0 saturated carbocycles. The first-order valence-electron chi connectivity index (χ1n) is 5.76. The first kappa shape index (κ1) is 13.2. The number of rotatable bonds is 4. The summed E-state index contributed by atoms with van der Waals surface area (Å²) < 4.78 is 0. The van der Waals surface area contributed by atoms with Crippen molar-refractivity contribution in [3.8, 4) is 0 Å². The van der Waals surface area contributed by atoms with Crippen molar-refractivity contribution < 1.29 is 4.79 Å². The number of hydrogen-bond acceptors (Lipinski definition) is 3. The van der Waals surface area contributed by atoms with Crippen LogP contribution in [0.25, 0.3) is 0 Å². The Bertz CT molecular complexity index is 505. The minimum atomic E-state index is -0.0361. The summed E-state index contributed by atoms with van der Waals surface area (Å²) >= 11 is 5.88. The Kier molecular flexibility index (Phi) is 4.44. The highest BCUT2D eigenvalue weighted by Crippen LogP contribution is 2.10. The predicted octanol–water partition coefficient (Wildman–Crippen LogP) is 3.40. The fourth-order valence-corrected chi connectivity index (χ4v) is 2.56. The zero-order valence-corrected chi connectivity index (χ0v) is 11.8. The van der Waals surface area contributed by atoms with E-state index in [0.29, 0.717) is 5.56 Å². The Morgan fingerprint density at radius 2 is 2.06 bits per heavy atom. The van der Waals surface area contributed by atoms with Gasteiger partial charge >= 0.3 is 0 Å². The molecular weight excluding hydrogens is 262 g/mol. The molecule has 2 aromatic rings. The van der Waals surface area contributed by atoms with Gasteiger partial charge in [-0.05, 0) is 60.0 Å². The molecule has 0 aliphatic heterocycles. The maximum atomic E-state index is 12.0. The SMILES string of the molecule is CC(Cc1ccsc1)NC(=O)c1ccc(S)cc1. The summed E-state index contributed by atoms with van der Waals surface area (Å²) in [6.45, 7) is 2.02. The van der Waals surface area contributed by atoms with Gasteiger partial charge in [-0.25, -0.2) is 0 Å². The number of thiol groups is 1. The summed E-state index contributed by atoms with van der Waals surface area (Å²) in [6, 6.07) is 9.43. The summed E-state index contributed by atoms with van der Waals surface area (Å²) in [5.74, 6) is -0.0361. The molecule has 1 unspecified atom stereocenters. The van der Waals surface area contributed by atoms with E-state index in [9.17, 15) is 4.79 Å². The molecule has 1 atom stereocenters. The molecule has 94 valence electrons. The van der Waals surface area contributed by atoms with E-state index < -0.39 is 0 Å². The van der Waals surface area contributed by atoms with Crippen LogP contribution in [-0.4, -0.2) is 11.9 Å². The molecule has 4 heteroatoms. The maximum Gasteiger partial charge on any atom is 0.251 e. The maximum absolute atomic E-state index is 12.0. The molecule has 0 radical (unpaired) electrons. The van der Waals surface area contributed by atoms with Crippen molar-refractivity contribution in [2.24, 2.45) is 0 Å². The molecule has 0 aliphatic rings. The molecule has 0 aliphatic carbocycles. The van der Waals surface area contributed by atoms with Crippen LogP contribution in [0, 0.1) is 0 Å². The molecule has 1 aromatic heterocycles. The third-order valence-corrected chi connectivity index (χ3v) is 3.66. The van der Waals surface area contributed by atoms with Crippen LogP contribution < -0.4 is 5.32 Å². The Morgan fingerprint density at radius 1 is 1.33 bits per heavy atom. The molecule has 0 fully saturated rings. The minimum absolute atomic E-state index is 0.0361. The highest BCUT2D eigenvalue weighted by Gasteiger charge is 2.10. The van der Waals surface area contributed by atoms with Crippen molar-refractivity contribution in [3.05, 3.63) is 52.2 Å². The highest BCUT2D eigenvalue weighted by atomic mass is 32.1. The van der Waals surface area contributed by atoms with Crippen molar-refractivity contribution in [1.29, 1.82) is 0 Å². The molecule has 1 aromatic carbocycles. The smallest absolute Gasteiger partial charge is 0.251 e. The lowest BCUT2D eigenvalue weighted by molar-refractivity contribution is 0.0940. The van der Waals surface area contributed by atoms with Crippen LogP contribution in [0.15, 0.2) is 46.0 Å². The second kappa shape index (κ2) is 6.07. The lowest BCUT2D eigenvalue weighted by Crippen LogP contribution is -2.33. The van der Waals surface area contributed by atoms with Crippen molar-refractivity contribution in [3.63, 3.8) is 0 Å². The Balaban J connectivity index is 1.92. The molecule has 2 rings (SSSR count). The van der Waals surface area contributed by atoms with Gasteiger partial charge in [-0.2, -0.15) is 11.3 Å². The lowest BCUT2D eigenvalue weighted by Gasteiger charge is -2.13. The molecule has 0 saturated heterocycles. The van der Waals surface area contributed by atoms with E-state index in [1.807, 2.05) is 19.1 Å². The largest absolute Gasteiger partial charge is 0.349 e. The quantitative estimate of drug-likeness (QED) is 0.824. The van der Waals surface area contributed by atoms with Gasteiger partial charge < -0.3 is 5.32 Å². The van der Waals surface area contributed by atoms with Crippen molar-refractivity contribution >= 4 is 29.9 Å². The second-order valence-corrected chi connectivity index (χ2v) is 5.55. The zero-order valence-electron chi connectivity index (χ0n) is 10.1. The van der Waals surface area contributed by atoms with Gasteiger partial charge in [-0.15, -0.1) is 12.6 Å². The molecule has 1 N–H and O–H groups in total. The van der Waals surface area contributed by atoms with Crippen molar-refractivity contribution in [1.82, 2.24) is 5.32 Å². The van der Waals surface area contributed by atoms with Gasteiger partial charge in [0.2, 0.25) is 0 Å². The molecule has 1 heterocycles. The fourth-order valence-electron chi connectivity index (χ4n) is 1.73. The number of thiophene rings is 1. The van der Waals surface area contributed by atoms with Crippen LogP contribution in [0.2, 0.25) is 0 Å². The van der Waals surface area contributed by atoms with Crippen LogP contribution in [-0.2, 0) is 6.42 Å². The van der Waals surface area contributed by atoms with Gasteiger partial charge in [-0.3, -0.25) is 4.79 Å². The average Bonchev–Trinajstić information content (AvgIpc) is 2.82. The standard InChI is InChI=1S/C14H15NOS2/c1-10(8-11-6-7-18-9-11)15-14(16)12-2-4-13(17)5-3-12/h2-7,9-10,17H,8H2,1H3,(H,15,16). The van der Waals surface area contributed by atoms with Gasteiger partial charge in [0.05, 0.1) is 0 Å². The number of benzene rings is 1. The Hall–Kier alpha value is -1.26. The average molecular weight is 277 g/mol. The van der Waals surface area contributed by atoms with Crippen LogP contribution in [0.1, 0.15) is 22.8 Å². The van der Waals surface area contributed by atoms with E-state index in [1.165, 1.54) is 5.56 Å². The second-order valence-electron chi connectivity index (χ2n) is 4.26. The van der Waals surface area contributed by atoms with E-state index in [-0.39, 0.29) is 11.9 Å². The first-order valence-corrected chi connectivity index (χ1v) is 7.15. The van der Waals surface area contributed by atoms with Crippen LogP contribution in [0.4, 0.5) is 0 Å². The van der Waals surface area contributed by atoms with E-state index in [2.05, 4.69) is 34.8 Å². The molecule has 2 nitrogen and oxygen atoms in total. The number of amides is 1. The minimum Gasteiger partial charge on any atom is -0.349 e. The van der Waals surface area contributed by atoms with E-state index >= 15 is 0 Å². The molecule has 0 spiro atoms. The van der Waals surface area contributed by atoms with Gasteiger partial charge in [-0.1, -0.05) is 0 Å². The summed E-state index contributed by atoms with van der Waals surface area (Å²) in [5, 5.41) is 7.16.